The summed E-state index contributed by atoms with van der Waals surface area (Å²) in [6.45, 7) is 7.21. The topological polar surface area (TPSA) is 27.0 Å². The van der Waals surface area contributed by atoms with Crippen molar-refractivity contribution in [2.45, 2.75) is 26.7 Å². The van der Waals surface area contributed by atoms with Crippen LogP contribution in [0.1, 0.15) is 26.7 Å². The number of rotatable bonds is 7. The molecule has 0 amide bonds. The molecule has 0 bridgehead atoms. The average molecular weight is 247 g/mol. The van der Waals surface area contributed by atoms with Crippen molar-refractivity contribution in [3.8, 4) is 6.07 Å². The molecule has 0 aliphatic rings. The molecule has 0 saturated carbocycles. The molecule has 2 nitrogen and oxygen atoms in total. The zero-order valence-corrected chi connectivity index (χ0v) is 10.2. The summed E-state index contributed by atoms with van der Waals surface area (Å²) in [7, 11) is 0. The van der Waals surface area contributed by atoms with Gasteiger partial charge in [-0.2, -0.15) is 5.26 Å². The van der Waals surface area contributed by atoms with Gasteiger partial charge in [-0.3, -0.25) is 0 Å². The maximum absolute atomic E-state index is 8.67. The molecule has 0 saturated heterocycles. The maximum atomic E-state index is 8.67. The van der Waals surface area contributed by atoms with Crippen molar-refractivity contribution >= 4 is 15.9 Å². The van der Waals surface area contributed by atoms with E-state index in [0.717, 1.165) is 25.0 Å². The molecule has 0 heterocycles. The SMILES string of the molecule is CCN(CCCCBr)CC(C)C#N. The van der Waals surface area contributed by atoms with E-state index in [9.17, 15) is 0 Å². The van der Waals surface area contributed by atoms with Crippen molar-refractivity contribution in [3.63, 3.8) is 0 Å². The first kappa shape index (κ1) is 12.9. The van der Waals surface area contributed by atoms with Gasteiger partial charge in [-0.05, 0) is 32.9 Å². The summed E-state index contributed by atoms with van der Waals surface area (Å²) in [5, 5.41) is 9.75. The minimum Gasteiger partial charge on any atom is -0.302 e. The van der Waals surface area contributed by atoms with E-state index in [2.05, 4.69) is 33.8 Å². The summed E-state index contributed by atoms with van der Waals surface area (Å²) in [4.78, 5) is 2.34. The van der Waals surface area contributed by atoms with E-state index < -0.39 is 0 Å². The van der Waals surface area contributed by atoms with E-state index in [4.69, 9.17) is 5.26 Å². The van der Waals surface area contributed by atoms with Gasteiger partial charge in [-0.25, -0.2) is 0 Å². The highest BCUT2D eigenvalue weighted by molar-refractivity contribution is 9.09. The van der Waals surface area contributed by atoms with Crippen molar-refractivity contribution in [1.29, 1.82) is 5.26 Å². The average Bonchev–Trinajstić information content (AvgIpc) is 2.16. The van der Waals surface area contributed by atoms with Gasteiger partial charge >= 0.3 is 0 Å². The van der Waals surface area contributed by atoms with Gasteiger partial charge in [0.15, 0.2) is 0 Å². The second-order valence-corrected chi connectivity index (χ2v) is 4.11. The molecule has 0 aromatic carbocycles. The Morgan fingerprint density at radius 1 is 1.46 bits per heavy atom. The largest absolute Gasteiger partial charge is 0.302 e. The Balaban J connectivity index is 3.58. The molecule has 1 unspecified atom stereocenters. The molecular formula is C10H19BrN2. The van der Waals surface area contributed by atoms with E-state index in [1.54, 1.807) is 0 Å². The van der Waals surface area contributed by atoms with Gasteiger partial charge in [0.25, 0.3) is 0 Å². The molecule has 0 aromatic rings. The monoisotopic (exact) mass is 246 g/mol. The van der Waals surface area contributed by atoms with Crippen molar-refractivity contribution in [1.82, 2.24) is 4.90 Å². The van der Waals surface area contributed by atoms with Crippen LogP contribution in [0.2, 0.25) is 0 Å². The van der Waals surface area contributed by atoms with Crippen LogP contribution in [-0.4, -0.2) is 29.9 Å². The van der Waals surface area contributed by atoms with Crippen molar-refractivity contribution in [3.05, 3.63) is 0 Å². The minimum atomic E-state index is 0.156. The van der Waals surface area contributed by atoms with Crippen molar-refractivity contribution in [2.75, 3.05) is 25.0 Å². The van der Waals surface area contributed by atoms with Crippen LogP contribution in [0.3, 0.4) is 0 Å². The van der Waals surface area contributed by atoms with E-state index >= 15 is 0 Å². The first-order valence-electron chi connectivity index (χ1n) is 4.92. The lowest BCUT2D eigenvalue weighted by atomic mass is 10.2. The molecule has 1 atom stereocenters. The van der Waals surface area contributed by atoms with Crippen molar-refractivity contribution in [2.24, 2.45) is 5.92 Å². The van der Waals surface area contributed by atoms with Gasteiger partial charge in [-0.1, -0.05) is 22.9 Å². The van der Waals surface area contributed by atoms with Crippen LogP contribution in [0.5, 0.6) is 0 Å². The fourth-order valence-corrected chi connectivity index (χ4v) is 1.63. The van der Waals surface area contributed by atoms with E-state index in [-0.39, 0.29) is 5.92 Å². The number of alkyl halides is 1. The number of halogens is 1. The van der Waals surface area contributed by atoms with Gasteiger partial charge in [0.2, 0.25) is 0 Å². The lowest BCUT2D eigenvalue weighted by molar-refractivity contribution is 0.265. The minimum absolute atomic E-state index is 0.156. The summed E-state index contributed by atoms with van der Waals surface area (Å²) >= 11 is 3.42. The Bertz CT molecular complexity index is 153. The van der Waals surface area contributed by atoms with Gasteiger partial charge in [0.05, 0.1) is 12.0 Å². The van der Waals surface area contributed by atoms with Crippen molar-refractivity contribution < 1.29 is 0 Å². The Hall–Kier alpha value is -0.0700. The van der Waals surface area contributed by atoms with Crippen LogP contribution in [0.4, 0.5) is 0 Å². The highest BCUT2D eigenvalue weighted by atomic mass is 79.9. The molecule has 0 fully saturated rings. The third-order valence-electron chi connectivity index (χ3n) is 2.06. The number of nitrogens with zero attached hydrogens (tertiary/aromatic N) is 2. The molecule has 76 valence electrons. The van der Waals surface area contributed by atoms with Crippen LogP contribution in [-0.2, 0) is 0 Å². The van der Waals surface area contributed by atoms with Gasteiger partial charge < -0.3 is 4.90 Å². The molecule has 0 N–H and O–H groups in total. The lowest BCUT2D eigenvalue weighted by Crippen LogP contribution is -2.29. The predicted octanol–water partition coefficient (Wildman–Crippen LogP) is 2.64. The fourth-order valence-electron chi connectivity index (χ4n) is 1.24. The second-order valence-electron chi connectivity index (χ2n) is 3.32. The van der Waals surface area contributed by atoms with E-state index in [1.165, 1.54) is 12.8 Å². The third-order valence-corrected chi connectivity index (χ3v) is 2.62. The van der Waals surface area contributed by atoms with Crippen LogP contribution in [0, 0.1) is 17.2 Å². The van der Waals surface area contributed by atoms with E-state index in [0.29, 0.717) is 0 Å². The number of unbranched alkanes of at least 4 members (excludes halogenated alkanes) is 1. The molecule has 0 aromatic heterocycles. The molecule has 0 aliphatic carbocycles. The molecular weight excluding hydrogens is 228 g/mol. The van der Waals surface area contributed by atoms with Gasteiger partial charge in [0.1, 0.15) is 0 Å². The Morgan fingerprint density at radius 3 is 2.62 bits per heavy atom. The third kappa shape index (κ3) is 7.04. The molecule has 3 heteroatoms. The molecule has 0 aliphatic heterocycles. The van der Waals surface area contributed by atoms with Gasteiger partial charge in [-0.15, -0.1) is 0 Å². The summed E-state index contributed by atoms with van der Waals surface area (Å²) in [5.41, 5.74) is 0. The summed E-state index contributed by atoms with van der Waals surface area (Å²) in [6.07, 6.45) is 2.44. The van der Waals surface area contributed by atoms with Crippen LogP contribution in [0.25, 0.3) is 0 Å². The lowest BCUT2D eigenvalue weighted by Gasteiger charge is -2.20. The summed E-state index contributed by atoms with van der Waals surface area (Å²) < 4.78 is 0. The quantitative estimate of drug-likeness (QED) is 0.510. The standard InChI is InChI=1S/C10H19BrN2/c1-3-13(7-5-4-6-11)9-10(2)8-12/h10H,3-7,9H2,1-2H3. The highest BCUT2D eigenvalue weighted by Gasteiger charge is 2.06. The summed E-state index contributed by atoms with van der Waals surface area (Å²) in [5.74, 6) is 0.156. The zero-order chi connectivity index (χ0) is 10.1. The second kappa shape index (κ2) is 8.52. The predicted molar refractivity (Wildman–Crippen MR) is 59.9 cm³/mol. The van der Waals surface area contributed by atoms with Gasteiger partial charge in [0, 0.05) is 11.9 Å². The maximum Gasteiger partial charge on any atom is 0.0666 e. The first-order valence-corrected chi connectivity index (χ1v) is 6.04. The number of hydrogen-bond donors (Lipinski definition) is 0. The molecule has 0 radical (unpaired) electrons. The Kier molecular flexibility index (Phi) is 8.48. The Morgan fingerprint density at radius 2 is 2.15 bits per heavy atom. The normalized spacial score (nSPS) is 12.8. The molecule has 0 spiro atoms. The van der Waals surface area contributed by atoms with Crippen LogP contribution in [0.15, 0.2) is 0 Å². The molecule has 13 heavy (non-hydrogen) atoms. The smallest absolute Gasteiger partial charge is 0.0666 e. The first-order chi connectivity index (χ1) is 6.24. The fraction of sp³-hybridized carbons (Fsp3) is 0.900. The summed E-state index contributed by atoms with van der Waals surface area (Å²) in [6, 6.07) is 2.27. The Labute approximate surface area is 90.0 Å². The molecule has 0 rings (SSSR count). The highest BCUT2D eigenvalue weighted by Crippen LogP contribution is 2.02. The number of hydrogen-bond acceptors (Lipinski definition) is 2. The van der Waals surface area contributed by atoms with E-state index in [1.807, 2.05) is 6.92 Å². The zero-order valence-electron chi connectivity index (χ0n) is 8.59. The van der Waals surface area contributed by atoms with Crippen LogP contribution < -0.4 is 0 Å². The van der Waals surface area contributed by atoms with Crippen LogP contribution >= 0.6 is 15.9 Å². The number of nitriles is 1.